The lowest BCUT2D eigenvalue weighted by Crippen LogP contribution is -2.23. The minimum atomic E-state index is -0.775. The molecule has 142 valence electrons. The van der Waals surface area contributed by atoms with E-state index in [0.29, 0.717) is 17.3 Å². The fourth-order valence-electron chi connectivity index (χ4n) is 3.17. The average Bonchev–Trinajstić information content (AvgIpc) is 3.21. The molecule has 8 heteroatoms. The average molecular weight is 380 g/mol. The zero-order valence-corrected chi connectivity index (χ0v) is 15.0. The number of carbonyl (C=O) groups is 2. The highest BCUT2D eigenvalue weighted by atomic mass is 19.1. The van der Waals surface area contributed by atoms with Crippen LogP contribution in [0, 0.1) is 5.82 Å². The van der Waals surface area contributed by atoms with Crippen molar-refractivity contribution in [1.82, 2.24) is 9.78 Å². The van der Waals surface area contributed by atoms with Crippen molar-refractivity contribution in [1.29, 1.82) is 0 Å². The van der Waals surface area contributed by atoms with Gasteiger partial charge in [0.1, 0.15) is 23.4 Å². The van der Waals surface area contributed by atoms with Crippen LogP contribution in [0.2, 0.25) is 0 Å². The summed E-state index contributed by atoms with van der Waals surface area (Å²) in [6, 6.07) is 12.2. The number of nitrogens with one attached hydrogen (secondary N) is 2. The van der Waals surface area contributed by atoms with Gasteiger partial charge in [0.2, 0.25) is 5.91 Å². The van der Waals surface area contributed by atoms with E-state index in [0.717, 1.165) is 11.1 Å². The van der Waals surface area contributed by atoms with Gasteiger partial charge >= 0.3 is 0 Å². The number of benzene rings is 2. The highest BCUT2D eigenvalue weighted by Crippen LogP contribution is 2.36. The van der Waals surface area contributed by atoms with Crippen LogP contribution in [0.1, 0.15) is 12.5 Å². The smallest absolute Gasteiger partial charge is 0.251 e. The molecule has 0 aliphatic carbocycles. The minimum Gasteiger partial charge on any atom is -0.497 e. The molecule has 1 atom stereocenters. The number of rotatable bonds is 5. The number of amides is 2. The summed E-state index contributed by atoms with van der Waals surface area (Å²) in [4.78, 5) is 24.7. The Morgan fingerprint density at radius 2 is 2.11 bits per heavy atom. The minimum absolute atomic E-state index is 0.116. The molecular formula is C20H17FN4O3. The monoisotopic (exact) mass is 380 g/mol. The molecule has 0 saturated carbocycles. The van der Waals surface area contributed by atoms with Crippen molar-refractivity contribution in [2.45, 2.75) is 12.5 Å². The molecule has 3 aromatic rings. The van der Waals surface area contributed by atoms with E-state index in [1.807, 2.05) is 24.3 Å². The molecule has 1 aromatic heterocycles. The molecule has 4 rings (SSSR count). The third-order valence-corrected chi connectivity index (χ3v) is 4.50. The molecule has 0 spiro atoms. The molecule has 7 nitrogen and oxygen atoms in total. The number of aromatic nitrogens is 2. The van der Waals surface area contributed by atoms with Gasteiger partial charge in [-0.05, 0) is 35.9 Å². The van der Waals surface area contributed by atoms with Crippen LogP contribution in [0.15, 0.2) is 54.7 Å². The Hall–Kier alpha value is -3.68. The molecule has 0 fully saturated rings. The van der Waals surface area contributed by atoms with E-state index in [-0.39, 0.29) is 12.3 Å². The Bertz CT molecular complexity index is 1060. The van der Waals surface area contributed by atoms with Crippen LogP contribution in [-0.4, -0.2) is 28.7 Å². The summed E-state index contributed by atoms with van der Waals surface area (Å²) in [6.07, 6.45) is 1.52. The van der Waals surface area contributed by atoms with Crippen LogP contribution in [0.5, 0.6) is 5.75 Å². The maximum atomic E-state index is 13.3. The largest absolute Gasteiger partial charge is 0.497 e. The van der Waals surface area contributed by atoms with Crippen LogP contribution >= 0.6 is 0 Å². The summed E-state index contributed by atoms with van der Waals surface area (Å²) in [5, 5.41) is 9.68. The Morgan fingerprint density at radius 3 is 2.89 bits per heavy atom. The molecule has 2 amide bonds. The van der Waals surface area contributed by atoms with E-state index in [9.17, 15) is 14.0 Å². The molecular weight excluding hydrogens is 363 g/mol. The van der Waals surface area contributed by atoms with Crippen LogP contribution in [-0.2, 0) is 9.59 Å². The fraction of sp³-hybridized carbons (Fsp3) is 0.150. The second kappa shape index (κ2) is 7.15. The number of fused-ring (bicyclic) bond motifs is 1. The number of hydrogen-bond acceptors (Lipinski definition) is 4. The van der Waals surface area contributed by atoms with Crippen molar-refractivity contribution >= 4 is 23.3 Å². The van der Waals surface area contributed by atoms with Gasteiger partial charge in [0, 0.05) is 11.3 Å². The van der Waals surface area contributed by atoms with Crippen LogP contribution < -0.4 is 15.4 Å². The molecule has 2 N–H and O–H groups in total. The van der Waals surface area contributed by atoms with Crippen LogP contribution in [0.3, 0.4) is 0 Å². The number of anilines is 2. The van der Waals surface area contributed by atoms with Gasteiger partial charge in [0.15, 0.2) is 0 Å². The quantitative estimate of drug-likeness (QED) is 0.712. The van der Waals surface area contributed by atoms with Crippen molar-refractivity contribution in [3.63, 3.8) is 0 Å². The normalized spacial score (nSPS) is 15.1. The van der Waals surface area contributed by atoms with E-state index < -0.39 is 17.8 Å². The topological polar surface area (TPSA) is 85.2 Å². The van der Waals surface area contributed by atoms with Gasteiger partial charge in [0.25, 0.3) is 5.91 Å². The second-order valence-corrected chi connectivity index (χ2v) is 6.35. The van der Waals surface area contributed by atoms with Crippen LogP contribution in [0.4, 0.5) is 15.9 Å². The van der Waals surface area contributed by atoms with Crippen LogP contribution in [0.25, 0.3) is 11.1 Å². The summed E-state index contributed by atoms with van der Waals surface area (Å²) in [6.45, 7) is 0. The van der Waals surface area contributed by atoms with E-state index in [1.165, 1.54) is 22.9 Å². The summed E-state index contributed by atoms with van der Waals surface area (Å²) in [5.41, 5.74) is 1.91. The number of nitrogens with zero attached hydrogens (tertiary/aromatic N) is 2. The van der Waals surface area contributed by atoms with E-state index in [2.05, 4.69) is 15.7 Å². The van der Waals surface area contributed by atoms with Gasteiger partial charge < -0.3 is 15.4 Å². The summed E-state index contributed by atoms with van der Waals surface area (Å²) >= 11 is 0. The fourth-order valence-corrected chi connectivity index (χ4v) is 3.17. The third kappa shape index (κ3) is 3.32. The number of hydrogen-bond donors (Lipinski definition) is 2. The Balaban J connectivity index is 1.55. The molecule has 0 saturated heterocycles. The van der Waals surface area contributed by atoms with E-state index in [4.69, 9.17) is 4.74 Å². The van der Waals surface area contributed by atoms with Gasteiger partial charge in [-0.25, -0.2) is 9.07 Å². The lowest BCUT2D eigenvalue weighted by Gasteiger charge is -2.10. The SMILES string of the molecule is COc1cccc(-c2cnn3c2NC(=O)C3CC(=O)Nc2cccc(F)c2)c1. The standard InChI is InChI=1S/C20H17FN4O3/c1-28-15-7-2-4-12(8-15)16-11-22-25-17(20(27)24-19(16)25)10-18(26)23-14-6-3-5-13(21)9-14/h2-9,11,17H,10H2,1H3,(H,23,26)(H,24,27). The van der Waals surface area contributed by atoms with Crippen molar-refractivity contribution in [3.05, 3.63) is 60.5 Å². The molecule has 2 aromatic carbocycles. The van der Waals surface area contributed by atoms with Gasteiger partial charge in [0.05, 0.1) is 19.7 Å². The Labute approximate surface area is 160 Å². The van der Waals surface area contributed by atoms with Crippen molar-refractivity contribution in [2.24, 2.45) is 0 Å². The summed E-state index contributed by atoms with van der Waals surface area (Å²) in [5.74, 6) is 0.0435. The highest BCUT2D eigenvalue weighted by molar-refractivity contribution is 6.04. The summed E-state index contributed by atoms with van der Waals surface area (Å²) in [7, 11) is 1.58. The molecule has 1 aliphatic heterocycles. The number of ether oxygens (including phenoxy) is 1. The maximum absolute atomic E-state index is 13.3. The molecule has 28 heavy (non-hydrogen) atoms. The highest BCUT2D eigenvalue weighted by Gasteiger charge is 2.35. The number of halogens is 1. The van der Waals surface area contributed by atoms with Crippen molar-refractivity contribution in [2.75, 3.05) is 17.7 Å². The van der Waals surface area contributed by atoms with Gasteiger partial charge in [-0.15, -0.1) is 0 Å². The molecule has 1 aliphatic rings. The zero-order chi connectivity index (χ0) is 19.7. The van der Waals surface area contributed by atoms with E-state index in [1.54, 1.807) is 19.4 Å². The van der Waals surface area contributed by atoms with Gasteiger partial charge in [-0.2, -0.15) is 5.10 Å². The molecule has 0 radical (unpaired) electrons. The first-order valence-corrected chi connectivity index (χ1v) is 8.63. The first-order valence-electron chi connectivity index (χ1n) is 8.63. The lowest BCUT2D eigenvalue weighted by molar-refractivity contribution is -0.123. The predicted molar refractivity (Wildman–Crippen MR) is 102 cm³/mol. The summed E-state index contributed by atoms with van der Waals surface area (Å²) < 4.78 is 20.0. The molecule has 2 heterocycles. The predicted octanol–water partition coefficient (Wildman–Crippen LogP) is 3.22. The first-order chi connectivity index (χ1) is 13.5. The van der Waals surface area contributed by atoms with Crippen molar-refractivity contribution in [3.8, 4) is 16.9 Å². The third-order valence-electron chi connectivity index (χ3n) is 4.50. The molecule has 1 unspecified atom stereocenters. The Kier molecular flexibility index (Phi) is 4.52. The maximum Gasteiger partial charge on any atom is 0.251 e. The van der Waals surface area contributed by atoms with Gasteiger partial charge in [-0.1, -0.05) is 18.2 Å². The Morgan fingerprint density at radius 1 is 1.29 bits per heavy atom. The van der Waals surface area contributed by atoms with Crippen molar-refractivity contribution < 1.29 is 18.7 Å². The lowest BCUT2D eigenvalue weighted by atomic mass is 10.1. The molecule has 0 bridgehead atoms. The number of methoxy groups -OCH3 is 1. The second-order valence-electron chi connectivity index (χ2n) is 6.35. The first kappa shape index (κ1) is 17.7. The zero-order valence-electron chi connectivity index (χ0n) is 15.0. The van der Waals surface area contributed by atoms with Gasteiger partial charge in [-0.3, -0.25) is 9.59 Å². The number of carbonyl (C=O) groups excluding carboxylic acids is 2. The van der Waals surface area contributed by atoms with E-state index >= 15 is 0 Å².